The lowest BCUT2D eigenvalue weighted by Gasteiger charge is -2.25. The van der Waals surface area contributed by atoms with Gasteiger partial charge in [-0.25, -0.2) is 0 Å². The molecule has 1 fully saturated rings. The summed E-state index contributed by atoms with van der Waals surface area (Å²) in [6.07, 6.45) is 16.1. The molecule has 3 rings (SSSR count). The van der Waals surface area contributed by atoms with Crippen LogP contribution in [-0.2, 0) is 0 Å². The quantitative estimate of drug-likeness (QED) is 0.585. The molecule has 0 aromatic rings. The lowest BCUT2D eigenvalue weighted by Crippen LogP contribution is -2.30. The van der Waals surface area contributed by atoms with Crippen molar-refractivity contribution in [2.24, 2.45) is 20.8 Å². The molecule has 1 saturated carbocycles. The second-order valence-electron chi connectivity index (χ2n) is 4.37. The number of hydrogen-bond donors (Lipinski definition) is 0. The van der Waals surface area contributed by atoms with Gasteiger partial charge in [0.1, 0.15) is 0 Å². The fourth-order valence-corrected chi connectivity index (χ4v) is 2.90. The number of allylic oxidation sites excluding steroid dienone is 6. The molecule has 80 valence electrons. The Hall–Kier alpha value is -2.46. The molecule has 0 aliphatic heterocycles. The lowest BCUT2D eigenvalue weighted by atomic mass is 9.78. The summed E-state index contributed by atoms with van der Waals surface area (Å²) < 4.78 is 0. The van der Waals surface area contributed by atoms with Gasteiger partial charge in [-0.05, 0) is 18.6 Å². The molecule has 0 saturated heterocycles. The van der Waals surface area contributed by atoms with Crippen LogP contribution in [0.2, 0.25) is 0 Å². The molecule has 3 aliphatic carbocycles. The smallest absolute Gasteiger partial charge is 0.177 e. The number of nitriles is 2. The predicted molar refractivity (Wildman–Crippen MR) is 63.0 cm³/mol. The minimum absolute atomic E-state index is 0.248. The summed E-state index contributed by atoms with van der Waals surface area (Å²) in [5.74, 6) is 0. The van der Waals surface area contributed by atoms with Gasteiger partial charge in [-0.15, -0.1) is 0 Å². The van der Waals surface area contributed by atoms with E-state index < -0.39 is 0 Å². The van der Waals surface area contributed by atoms with Gasteiger partial charge < -0.3 is 0 Å². The molecule has 0 heterocycles. The molecular formula is C13H8N4. The highest BCUT2D eigenvalue weighted by atomic mass is 14.9. The van der Waals surface area contributed by atoms with E-state index in [1.807, 2.05) is 24.5 Å². The van der Waals surface area contributed by atoms with Crippen molar-refractivity contribution in [3.63, 3.8) is 0 Å². The largest absolute Gasteiger partial charge is 0.205 e. The van der Waals surface area contributed by atoms with Crippen molar-refractivity contribution in [3.8, 4) is 12.4 Å². The van der Waals surface area contributed by atoms with E-state index in [0.29, 0.717) is 0 Å². The van der Waals surface area contributed by atoms with Crippen LogP contribution in [0.25, 0.3) is 0 Å². The average molecular weight is 220 g/mol. The third kappa shape index (κ3) is 0.996. The third-order valence-electron chi connectivity index (χ3n) is 3.76. The Kier molecular flexibility index (Phi) is 1.73. The highest BCUT2D eigenvalue weighted by Gasteiger charge is 2.71. The molecule has 0 spiro atoms. The molecule has 0 aromatic carbocycles. The molecule has 0 bridgehead atoms. The predicted octanol–water partition coefficient (Wildman–Crippen LogP) is 1.90. The number of nitrogens with zero attached hydrogens (tertiary/aromatic N) is 4. The van der Waals surface area contributed by atoms with Gasteiger partial charge in [-0.2, -0.15) is 20.5 Å². The monoisotopic (exact) mass is 220 g/mol. The minimum atomic E-state index is -0.248. The van der Waals surface area contributed by atoms with Crippen LogP contribution in [0, 0.1) is 33.7 Å². The van der Waals surface area contributed by atoms with Crippen molar-refractivity contribution in [1.82, 2.24) is 0 Å². The van der Waals surface area contributed by atoms with Crippen molar-refractivity contribution in [2.45, 2.75) is 6.42 Å². The van der Waals surface area contributed by atoms with Crippen LogP contribution in [0.1, 0.15) is 6.42 Å². The summed E-state index contributed by atoms with van der Waals surface area (Å²) in [5, 5.41) is 17.4. The van der Waals surface area contributed by atoms with Crippen LogP contribution in [-0.4, -0.2) is 11.4 Å². The second-order valence-corrected chi connectivity index (χ2v) is 4.37. The number of aliphatic imine (C=N–C) groups is 2. The Labute approximate surface area is 98.6 Å². The van der Waals surface area contributed by atoms with E-state index in [9.17, 15) is 0 Å². The molecule has 0 amide bonds. The first kappa shape index (κ1) is 9.74. The molecular weight excluding hydrogens is 212 g/mol. The van der Waals surface area contributed by atoms with Crippen molar-refractivity contribution in [3.05, 3.63) is 36.5 Å². The van der Waals surface area contributed by atoms with Gasteiger partial charge >= 0.3 is 0 Å². The highest BCUT2D eigenvalue weighted by Crippen LogP contribution is 2.70. The summed E-state index contributed by atoms with van der Waals surface area (Å²) in [4.78, 5) is 7.77. The zero-order chi connectivity index (χ0) is 11.9. The maximum Gasteiger partial charge on any atom is 0.205 e. The third-order valence-corrected chi connectivity index (χ3v) is 3.76. The Morgan fingerprint density at radius 2 is 1.41 bits per heavy atom. The van der Waals surface area contributed by atoms with Gasteiger partial charge in [-0.3, -0.25) is 0 Å². The van der Waals surface area contributed by atoms with Crippen molar-refractivity contribution >= 4 is 11.4 Å². The van der Waals surface area contributed by atoms with E-state index in [1.54, 1.807) is 12.2 Å². The van der Waals surface area contributed by atoms with E-state index >= 15 is 0 Å². The van der Waals surface area contributed by atoms with E-state index in [-0.39, 0.29) is 10.8 Å². The molecule has 4 heteroatoms. The van der Waals surface area contributed by atoms with Crippen LogP contribution < -0.4 is 0 Å². The maximum atomic E-state index is 8.71. The molecule has 0 N–H and O–H groups in total. The fraction of sp³-hybridized carbons (Fsp3) is 0.231. The molecule has 17 heavy (non-hydrogen) atoms. The maximum absolute atomic E-state index is 8.71. The molecule has 4 nitrogen and oxygen atoms in total. The standard InChI is InChI=1S/C13H8N4/c14-8-16-10-3-4-11(17-9-15)13-6-2-1-5-12(10,13)7-13/h1-6H,7H2. The Bertz CT molecular complexity index is 567. The summed E-state index contributed by atoms with van der Waals surface area (Å²) in [6, 6.07) is 0. The van der Waals surface area contributed by atoms with Crippen molar-refractivity contribution in [2.75, 3.05) is 0 Å². The van der Waals surface area contributed by atoms with E-state index in [1.165, 1.54) is 0 Å². The highest BCUT2D eigenvalue weighted by molar-refractivity contribution is 6.22. The second kappa shape index (κ2) is 3.02. The summed E-state index contributed by atoms with van der Waals surface area (Å²) in [6.45, 7) is 0. The fourth-order valence-electron chi connectivity index (χ4n) is 2.90. The Balaban J connectivity index is 2.21. The van der Waals surface area contributed by atoms with Crippen LogP contribution in [0.3, 0.4) is 0 Å². The normalized spacial score (nSPS) is 40.6. The molecule has 0 radical (unpaired) electrons. The van der Waals surface area contributed by atoms with Gasteiger partial charge in [-0.1, -0.05) is 24.3 Å². The van der Waals surface area contributed by atoms with Gasteiger partial charge in [0, 0.05) is 10.8 Å². The van der Waals surface area contributed by atoms with Crippen LogP contribution in [0.4, 0.5) is 0 Å². The van der Waals surface area contributed by atoms with Crippen molar-refractivity contribution < 1.29 is 0 Å². The minimum Gasteiger partial charge on any atom is -0.177 e. The summed E-state index contributed by atoms with van der Waals surface area (Å²) >= 11 is 0. The molecule has 2 atom stereocenters. The first-order valence-corrected chi connectivity index (χ1v) is 5.29. The van der Waals surface area contributed by atoms with Gasteiger partial charge in [0.05, 0.1) is 11.4 Å². The number of hydrogen-bond acceptors (Lipinski definition) is 4. The van der Waals surface area contributed by atoms with Gasteiger partial charge in [0.2, 0.25) is 12.4 Å². The van der Waals surface area contributed by atoms with E-state index in [2.05, 4.69) is 22.1 Å². The van der Waals surface area contributed by atoms with E-state index in [4.69, 9.17) is 10.5 Å². The van der Waals surface area contributed by atoms with Crippen LogP contribution in [0.15, 0.2) is 46.4 Å². The van der Waals surface area contributed by atoms with Crippen LogP contribution in [0.5, 0.6) is 0 Å². The zero-order valence-electron chi connectivity index (χ0n) is 8.96. The first-order valence-electron chi connectivity index (χ1n) is 5.29. The van der Waals surface area contributed by atoms with Crippen LogP contribution >= 0.6 is 0 Å². The SMILES string of the molecule is N#CN=C1C=CC(=NC#N)C23C=CC=CC12C3. The Morgan fingerprint density at radius 3 is 1.82 bits per heavy atom. The lowest BCUT2D eigenvalue weighted by molar-refractivity contribution is 0.740. The number of rotatable bonds is 0. The molecule has 2 unspecified atom stereocenters. The topological polar surface area (TPSA) is 72.3 Å². The Morgan fingerprint density at radius 1 is 0.941 bits per heavy atom. The molecule has 3 aliphatic rings. The van der Waals surface area contributed by atoms with Gasteiger partial charge in [0.15, 0.2) is 0 Å². The molecule has 0 aromatic heterocycles. The van der Waals surface area contributed by atoms with Gasteiger partial charge in [0.25, 0.3) is 0 Å². The zero-order valence-corrected chi connectivity index (χ0v) is 8.96. The summed E-state index contributed by atoms with van der Waals surface area (Å²) in [5.41, 5.74) is 1.03. The first-order chi connectivity index (χ1) is 8.29. The average Bonchev–Trinajstić information content (AvgIpc) is 3.04. The van der Waals surface area contributed by atoms with Crippen molar-refractivity contribution in [1.29, 1.82) is 10.5 Å². The summed E-state index contributed by atoms with van der Waals surface area (Å²) in [7, 11) is 0. The van der Waals surface area contributed by atoms with E-state index in [0.717, 1.165) is 17.8 Å².